The van der Waals surface area contributed by atoms with Crippen LogP contribution in [0.1, 0.15) is 39.5 Å². The zero-order chi connectivity index (χ0) is 9.73. The molecule has 1 aliphatic carbocycles. The highest BCUT2D eigenvalue weighted by Crippen LogP contribution is 2.38. The van der Waals surface area contributed by atoms with Gasteiger partial charge < -0.3 is 13.6 Å². The molecule has 3 nitrogen and oxygen atoms in total. The van der Waals surface area contributed by atoms with E-state index in [0.29, 0.717) is 18.8 Å². The standard InChI is InChI=1S/C9H20O3Si/c1-3-11-13(10,12-4-2)9-7-5-6-8-9/h9-10H,3-8H2,1-2H3. The SMILES string of the molecule is CCO[Si](O)(OCC)C1CCCC1. The van der Waals surface area contributed by atoms with Crippen molar-refractivity contribution < 1.29 is 13.6 Å². The van der Waals surface area contributed by atoms with Crippen molar-refractivity contribution in [1.82, 2.24) is 0 Å². The van der Waals surface area contributed by atoms with Crippen molar-refractivity contribution in [2.24, 2.45) is 0 Å². The highest BCUT2D eigenvalue weighted by molar-refractivity contribution is 6.61. The lowest BCUT2D eigenvalue weighted by Gasteiger charge is -2.28. The molecular formula is C9H20O3Si. The van der Waals surface area contributed by atoms with Crippen LogP contribution in [0.5, 0.6) is 0 Å². The predicted octanol–water partition coefficient (Wildman–Crippen LogP) is 1.93. The second kappa shape index (κ2) is 5.10. The highest BCUT2D eigenvalue weighted by atomic mass is 28.4. The van der Waals surface area contributed by atoms with E-state index in [1.807, 2.05) is 13.8 Å². The maximum absolute atomic E-state index is 10.2. The second-order valence-electron chi connectivity index (χ2n) is 3.48. The first-order valence-electron chi connectivity index (χ1n) is 5.23. The molecule has 0 saturated heterocycles. The van der Waals surface area contributed by atoms with Gasteiger partial charge in [-0.05, 0) is 26.7 Å². The second-order valence-corrected chi connectivity index (χ2v) is 6.13. The summed E-state index contributed by atoms with van der Waals surface area (Å²) in [6.07, 6.45) is 4.56. The van der Waals surface area contributed by atoms with Crippen molar-refractivity contribution in [3.05, 3.63) is 0 Å². The van der Waals surface area contributed by atoms with Crippen LogP contribution in [-0.2, 0) is 8.85 Å². The summed E-state index contributed by atoms with van der Waals surface area (Å²) in [6, 6.07) is 0. The molecule has 0 aromatic rings. The topological polar surface area (TPSA) is 38.7 Å². The predicted molar refractivity (Wildman–Crippen MR) is 53.4 cm³/mol. The molecule has 1 saturated carbocycles. The summed E-state index contributed by atoms with van der Waals surface area (Å²) in [6.45, 7) is 4.93. The molecule has 1 N–H and O–H groups in total. The van der Waals surface area contributed by atoms with E-state index in [4.69, 9.17) is 8.85 Å². The first-order chi connectivity index (χ1) is 6.23. The normalized spacial score (nSPS) is 19.6. The van der Waals surface area contributed by atoms with Crippen LogP contribution in [0.2, 0.25) is 5.54 Å². The van der Waals surface area contributed by atoms with Gasteiger partial charge in [0.25, 0.3) is 0 Å². The first kappa shape index (κ1) is 11.2. The van der Waals surface area contributed by atoms with E-state index in [9.17, 15) is 4.80 Å². The van der Waals surface area contributed by atoms with E-state index in [1.54, 1.807) is 0 Å². The molecule has 0 atom stereocenters. The molecule has 0 radical (unpaired) electrons. The van der Waals surface area contributed by atoms with Gasteiger partial charge in [0.1, 0.15) is 0 Å². The first-order valence-corrected chi connectivity index (χ1v) is 7.07. The third kappa shape index (κ3) is 2.77. The third-order valence-electron chi connectivity index (χ3n) is 2.57. The molecule has 78 valence electrons. The van der Waals surface area contributed by atoms with Crippen molar-refractivity contribution in [1.29, 1.82) is 0 Å². The van der Waals surface area contributed by atoms with Crippen LogP contribution in [0.15, 0.2) is 0 Å². The molecule has 0 aromatic heterocycles. The Morgan fingerprint density at radius 2 is 1.62 bits per heavy atom. The van der Waals surface area contributed by atoms with Crippen LogP contribution >= 0.6 is 0 Å². The Morgan fingerprint density at radius 3 is 2.00 bits per heavy atom. The summed E-state index contributed by atoms with van der Waals surface area (Å²) in [7, 11) is -2.82. The quantitative estimate of drug-likeness (QED) is 0.696. The monoisotopic (exact) mass is 204 g/mol. The lowest BCUT2D eigenvalue weighted by molar-refractivity contribution is 0.0971. The Morgan fingerprint density at radius 1 is 1.15 bits per heavy atom. The van der Waals surface area contributed by atoms with Gasteiger partial charge in [0.05, 0.1) is 0 Å². The van der Waals surface area contributed by atoms with E-state index in [0.717, 1.165) is 12.8 Å². The van der Waals surface area contributed by atoms with Crippen molar-refractivity contribution in [3.8, 4) is 0 Å². The minimum absolute atomic E-state index is 0.299. The lowest BCUT2D eigenvalue weighted by Crippen LogP contribution is -2.46. The van der Waals surface area contributed by atoms with Crippen LogP contribution in [0, 0.1) is 0 Å². The molecule has 13 heavy (non-hydrogen) atoms. The molecule has 0 aromatic carbocycles. The minimum atomic E-state index is -2.82. The van der Waals surface area contributed by atoms with Crippen LogP contribution in [0.3, 0.4) is 0 Å². The summed E-state index contributed by atoms with van der Waals surface area (Å²) in [5.74, 6) is 0. The molecule has 0 aliphatic heterocycles. The number of rotatable bonds is 5. The summed E-state index contributed by atoms with van der Waals surface area (Å²) < 4.78 is 10.9. The van der Waals surface area contributed by atoms with Crippen molar-refractivity contribution in [2.75, 3.05) is 13.2 Å². The van der Waals surface area contributed by atoms with Crippen LogP contribution in [0.4, 0.5) is 0 Å². The molecule has 0 amide bonds. The molecule has 0 heterocycles. The third-order valence-corrected chi connectivity index (χ3v) is 5.59. The van der Waals surface area contributed by atoms with Gasteiger partial charge in [-0.3, -0.25) is 0 Å². The van der Waals surface area contributed by atoms with Gasteiger partial charge in [-0.1, -0.05) is 12.8 Å². The summed E-state index contributed by atoms with van der Waals surface area (Å²) in [4.78, 5) is 10.2. The number of hydrogen-bond acceptors (Lipinski definition) is 3. The smallest absolute Gasteiger partial charge is 0.390 e. The fourth-order valence-electron chi connectivity index (χ4n) is 1.98. The molecule has 1 rings (SSSR count). The Bertz CT molecular complexity index is 140. The Labute approximate surface area is 81.4 Å². The van der Waals surface area contributed by atoms with Crippen LogP contribution in [-0.4, -0.2) is 26.8 Å². The molecule has 0 bridgehead atoms. The van der Waals surface area contributed by atoms with Crippen LogP contribution in [0.25, 0.3) is 0 Å². The van der Waals surface area contributed by atoms with Gasteiger partial charge in [-0.25, -0.2) is 0 Å². The van der Waals surface area contributed by atoms with E-state index in [2.05, 4.69) is 0 Å². The molecule has 0 unspecified atom stereocenters. The highest BCUT2D eigenvalue weighted by Gasteiger charge is 2.46. The minimum Gasteiger partial charge on any atom is -0.390 e. The average molecular weight is 204 g/mol. The van der Waals surface area contributed by atoms with E-state index in [1.165, 1.54) is 12.8 Å². The summed E-state index contributed by atoms with van der Waals surface area (Å²) in [5.41, 5.74) is 0.299. The van der Waals surface area contributed by atoms with Gasteiger partial charge in [0.2, 0.25) is 0 Å². The zero-order valence-corrected chi connectivity index (χ0v) is 9.58. The molecule has 1 fully saturated rings. The maximum atomic E-state index is 10.2. The van der Waals surface area contributed by atoms with Gasteiger partial charge >= 0.3 is 8.80 Å². The Kier molecular flexibility index (Phi) is 4.38. The largest absolute Gasteiger partial charge is 0.501 e. The van der Waals surface area contributed by atoms with Gasteiger partial charge in [0.15, 0.2) is 0 Å². The van der Waals surface area contributed by atoms with Crippen molar-refractivity contribution in [3.63, 3.8) is 0 Å². The van der Waals surface area contributed by atoms with E-state index in [-0.39, 0.29) is 0 Å². The molecular weight excluding hydrogens is 184 g/mol. The number of hydrogen-bond donors (Lipinski definition) is 1. The Hall–Kier alpha value is 0.0969. The molecule has 1 aliphatic rings. The Balaban J connectivity index is 2.52. The summed E-state index contributed by atoms with van der Waals surface area (Å²) >= 11 is 0. The van der Waals surface area contributed by atoms with Gasteiger partial charge in [0, 0.05) is 18.8 Å². The summed E-state index contributed by atoms with van der Waals surface area (Å²) in [5, 5.41) is 0. The van der Waals surface area contributed by atoms with E-state index < -0.39 is 8.80 Å². The fourth-order valence-corrected chi connectivity index (χ4v) is 4.50. The van der Waals surface area contributed by atoms with Gasteiger partial charge in [-0.15, -0.1) is 0 Å². The van der Waals surface area contributed by atoms with Gasteiger partial charge in [-0.2, -0.15) is 0 Å². The average Bonchev–Trinajstić information content (AvgIpc) is 2.57. The molecule has 4 heteroatoms. The van der Waals surface area contributed by atoms with Crippen molar-refractivity contribution >= 4 is 8.80 Å². The van der Waals surface area contributed by atoms with Crippen molar-refractivity contribution in [2.45, 2.75) is 45.1 Å². The lowest BCUT2D eigenvalue weighted by atomic mass is 10.4. The fraction of sp³-hybridized carbons (Fsp3) is 1.00. The van der Waals surface area contributed by atoms with E-state index >= 15 is 0 Å². The zero-order valence-electron chi connectivity index (χ0n) is 8.58. The maximum Gasteiger partial charge on any atom is 0.501 e. The molecule has 0 spiro atoms. The van der Waals surface area contributed by atoms with Crippen LogP contribution < -0.4 is 0 Å².